The van der Waals surface area contributed by atoms with E-state index in [-0.39, 0.29) is 5.25 Å². The van der Waals surface area contributed by atoms with Crippen LogP contribution in [0.25, 0.3) is 0 Å². The van der Waals surface area contributed by atoms with E-state index in [1.807, 2.05) is 36.3 Å². The summed E-state index contributed by atoms with van der Waals surface area (Å²) in [4.78, 5) is 0. The third-order valence-corrected chi connectivity index (χ3v) is 2.36. The van der Waals surface area contributed by atoms with Crippen molar-refractivity contribution in [2.24, 2.45) is 7.05 Å². The first-order chi connectivity index (χ1) is 5.27. The lowest BCUT2D eigenvalue weighted by Crippen LogP contribution is -1.86. The number of thioether (sulfide) groups is 1. The second-order valence-corrected chi connectivity index (χ2v) is 3.30. The Hall–Kier alpha value is -0.880. The molecule has 0 amide bonds. The Balaban J connectivity index is 2.84. The molecule has 0 aliphatic heterocycles. The number of hydrogen-bond donors (Lipinski definition) is 0. The standard InChI is InChI=1S/C8H10N2S/c1-10-4-3-7(6-10)8(5-9)11-2/h3-4,6,8H,1-2H3. The Kier molecular flexibility index (Phi) is 2.61. The Bertz CT molecular complexity index is 272. The number of aromatic nitrogens is 1. The van der Waals surface area contributed by atoms with Gasteiger partial charge in [0.1, 0.15) is 5.25 Å². The smallest absolute Gasteiger partial charge is 0.118 e. The maximum atomic E-state index is 8.71. The van der Waals surface area contributed by atoms with E-state index in [4.69, 9.17) is 5.26 Å². The Morgan fingerprint density at radius 3 is 2.82 bits per heavy atom. The van der Waals surface area contributed by atoms with Gasteiger partial charge in [-0.15, -0.1) is 11.8 Å². The molecule has 0 saturated heterocycles. The molecule has 2 nitrogen and oxygen atoms in total. The lowest BCUT2D eigenvalue weighted by molar-refractivity contribution is 0.922. The highest BCUT2D eigenvalue weighted by Crippen LogP contribution is 2.25. The molecule has 0 N–H and O–H groups in total. The molecular weight excluding hydrogens is 156 g/mol. The molecule has 1 rings (SSSR count). The molecule has 1 aromatic rings. The van der Waals surface area contributed by atoms with E-state index in [9.17, 15) is 0 Å². The minimum Gasteiger partial charge on any atom is -0.357 e. The van der Waals surface area contributed by atoms with Crippen molar-refractivity contribution in [2.45, 2.75) is 5.25 Å². The molecule has 1 unspecified atom stereocenters. The van der Waals surface area contributed by atoms with Crippen molar-refractivity contribution in [3.05, 3.63) is 24.0 Å². The first kappa shape index (κ1) is 8.22. The van der Waals surface area contributed by atoms with E-state index < -0.39 is 0 Å². The van der Waals surface area contributed by atoms with Gasteiger partial charge in [-0.2, -0.15) is 5.26 Å². The molecule has 1 atom stereocenters. The van der Waals surface area contributed by atoms with Crippen LogP contribution in [0.15, 0.2) is 18.5 Å². The highest BCUT2D eigenvalue weighted by molar-refractivity contribution is 7.99. The molecule has 0 aliphatic rings. The summed E-state index contributed by atoms with van der Waals surface area (Å²) in [5, 5.41) is 8.69. The second kappa shape index (κ2) is 3.49. The summed E-state index contributed by atoms with van der Waals surface area (Å²) >= 11 is 1.56. The maximum Gasteiger partial charge on any atom is 0.118 e. The van der Waals surface area contributed by atoms with Crippen LogP contribution in [0.2, 0.25) is 0 Å². The first-order valence-electron chi connectivity index (χ1n) is 3.32. The number of nitriles is 1. The fourth-order valence-electron chi connectivity index (χ4n) is 0.943. The van der Waals surface area contributed by atoms with Gasteiger partial charge in [-0.05, 0) is 17.9 Å². The third-order valence-electron chi connectivity index (χ3n) is 1.51. The van der Waals surface area contributed by atoms with E-state index >= 15 is 0 Å². The molecular formula is C8H10N2S. The topological polar surface area (TPSA) is 28.7 Å². The van der Waals surface area contributed by atoms with E-state index in [1.54, 1.807) is 11.8 Å². The predicted octanol–water partition coefficient (Wildman–Crippen LogP) is 1.95. The SMILES string of the molecule is CSC(C#N)c1ccn(C)c1. The van der Waals surface area contributed by atoms with E-state index in [1.165, 1.54) is 0 Å². The second-order valence-electron chi connectivity index (χ2n) is 2.36. The van der Waals surface area contributed by atoms with Crippen LogP contribution in [0, 0.1) is 11.3 Å². The molecule has 0 radical (unpaired) electrons. The predicted molar refractivity (Wildman–Crippen MR) is 47.3 cm³/mol. The largest absolute Gasteiger partial charge is 0.357 e. The lowest BCUT2D eigenvalue weighted by atomic mass is 10.2. The average Bonchev–Trinajstić information content (AvgIpc) is 2.39. The average molecular weight is 166 g/mol. The van der Waals surface area contributed by atoms with Gasteiger partial charge in [-0.3, -0.25) is 0 Å². The van der Waals surface area contributed by atoms with Crippen molar-refractivity contribution in [1.29, 1.82) is 5.26 Å². The van der Waals surface area contributed by atoms with Gasteiger partial charge in [0, 0.05) is 19.4 Å². The molecule has 0 spiro atoms. The van der Waals surface area contributed by atoms with Gasteiger partial charge < -0.3 is 4.57 Å². The van der Waals surface area contributed by atoms with Gasteiger partial charge in [0.05, 0.1) is 6.07 Å². The van der Waals surface area contributed by atoms with Gasteiger partial charge in [0.2, 0.25) is 0 Å². The van der Waals surface area contributed by atoms with Gasteiger partial charge in [0.15, 0.2) is 0 Å². The molecule has 58 valence electrons. The third kappa shape index (κ3) is 1.78. The summed E-state index contributed by atoms with van der Waals surface area (Å²) in [6.07, 6.45) is 5.88. The molecule has 0 fully saturated rings. The zero-order valence-corrected chi connectivity index (χ0v) is 7.43. The fourth-order valence-corrected chi connectivity index (χ4v) is 1.46. The summed E-state index contributed by atoms with van der Waals surface area (Å²) in [6, 6.07) is 4.21. The summed E-state index contributed by atoms with van der Waals surface area (Å²) < 4.78 is 1.95. The molecule has 1 aromatic heterocycles. The minimum atomic E-state index is -0.0174. The van der Waals surface area contributed by atoms with Crippen molar-refractivity contribution in [3.8, 4) is 6.07 Å². The fraction of sp³-hybridized carbons (Fsp3) is 0.375. The Morgan fingerprint density at radius 1 is 1.73 bits per heavy atom. The van der Waals surface area contributed by atoms with E-state index in [0.29, 0.717) is 0 Å². The Labute approximate surface area is 70.8 Å². The van der Waals surface area contributed by atoms with Crippen molar-refractivity contribution in [1.82, 2.24) is 4.57 Å². The normalized spacial score (nSPS) is 12.5. The van der Waals surface area contributed by atoms with Gasteiger partial charge in [0.25, 0.3) is 0 Å². The molecule has 11 heavy (non-hydrogen) atoms. The molecule has 0 bridgehead atoms. The monoisotopic (exact) mass is 166 g/mol. The molecule has 0 aromatic carbocycles. The lowest BCUT2D eigenvalue weighted by Gasteiger charge is -2.00. The first-order valence-corrected chi connectivity index (χ1v) is 4.61. The van der Waals surface area contributed by atoms with E-state index in [0.717, 1.165) is 5.56 Å². The zero-order chi connectivity index (χ0) is 8.27. The van der Waals surface area contributed by atoms with Crippen LogP contribution in [-0.4, -0.2) is 10.8 Å². The summed E-state index contributed by atoms with van der Waals surface area (Å²) in [5.74, 6) is 0. The summed E-state index contributed by atoms with van der Waals surface area (Å²) in [7, 11) is 1.96. The molecule has 0 saturated carbocycles. The summed E-state index contributed by atoms with van der Waals surface area (Å²) in [5.41, 5.74) is 1.09. The van der Waals surface area contributed by atoms with Crippen molar-refractivity contribution < 1.29 is 0 Å². The van der Waals surface area contributed by atoms with Crippen LogP contribution in [-0.2, 0) is 7.05 Å². The van der Waals surface area contributed by atoms with Crippen molar-refractivity contribution in [3.63, 3.8) is 0 Å². The van der Waals surface area contributed by atoms with Crippen LogP contribution in [0.1, 0.15) is 10.8 Å². The maximum absolute atomic E-state index is 8.71. The van der Waals surface area contributed by atoms with Crippen LogP contribution >= 0.6 is 11.8 Å². The van der Waals surface area contributed by atoms with Gasteiger partial charge in [-0.1, -0.05) is 0 Å². The molecule has 1 heterocycles. The van der Waals surface area contributed by atoms with Crippen molar-refractivity contribution >= 4 is 11.8 Å². The van der Waals surface area contributed by atoms with Crippen LogP contribution < -0.4 is 0 Å². The number of nitrogens with zero attached hydrogens (tertiary/aromatic N) is 2. The van der Waals surface area contributed by atoms with Crippen LogP contribution in [0.5, 0.6) is 0 Å². The zero-order valence-electron chi connectivity index (χ0n) is 6.61. The van der Waals surface area contributed by atoms with Crippen LogP contribution in [0.4, 0.5) is 0 Å². The van der Waals surface area contributed by atoms with Crippen LogP contribution in [0.3, 0.4) is 0 Å². The molecule has 3 heteroatoms. The Morgan fingerprint density at radius 2 is 2.45 bits per heavy atom. The summed E-state index contributed by atoms with van der Waals surface area (Å²) in [6.45, 7) is 0. The number of aryl methyl sites for hydroxylation is 1. The van der Waals surface area contributed by atoms with E-state index in [2.05, 4.69) is 6.07 Å². The quantitative estimate of drug-likeness (QED) is 0.672. The van der Waals surface area contributed by atoms with Gasteiger partial charge in [-0.25, -0.2) is 0 Å². The minimum absolute atomic E-state index is 0.0174. The highest BCUT2D eigenvalue weighted by atomic mass is 32.2. The van der Waals surface area contributed by atoms with Crippen molar-refractivity contribution in [2.75, 3.05) is 6.26 Å². The highest BCUT2D eigenvalue weighted by Gasteiger charge is 2.08. The molecule has 0 aliphatic carbocycles. The number of hydrogen-bond acceptors (Lipinski definition) is 2. The van der Waals surface area contributed by atoms with Gasteiger partial charge >= 0.3 is 0 Å². The number of rotatable bonds is 2.